The standard InChI is InChI=1S/C21H40O4/c1-3-5-6-12-15-20(23)17-19(18-22)14-11-9-7-8-10-13-16-21(24)25-4-2/h18-20,23H,3-17H2,1-2H3/t19?,20-/m1/s1. The third kappa shape index (κ3) is 16.3. The van der Waals surface area contributed by atoms with E-state index in [9.17, 15) is 14.7 Å². The molecule has 0 aliphatic heterocycles. The number of carbonyl (C=O) groups is 2. The maximum absolute atomic E-state index is 11.2. The van der Waals surface area contributed by atoms with E-state index in [1.54, 1.807) is 0 Å². The van der Waals surface area contributed by atoms with E-state index in [1.807, 2.05) is 6.92 Å². The summed E-state index contributed by atoms with van der Waals surface area (Å²) in [4.78, 5) is 22.4. The molecule has 0 saturated heterocycles. The zero-order valence-corrected chi connectivity index (χ0v) is 16.5. The Labute approximate surface area is 154 Å². The smallest absolute Gasteiger partial charge is 0.305 e. The van der Waals surface area contributed by atoms with Gasteiger partial charge in [0.1, 0.15) is 6.29 Å². The van der Waals surface area contributed by atoms with Gasteiger partial charge in [-0.3, -0.25) is 4.79 Å². The highest BCUT2D eigenvalue weighted by Crippen LogP contribution is 2.18. The van der Waals surface area contributed by atoms with Gasteiger partial charge in [-0.2, -0.15) is 0 Å². The van der Waals surface area contributed by atoms with Gasteiger partial charge in [0, 0.05) is 12.3 Å². The number of ether oxygens (including phenoxy) is 1. The molecule has 0 amide bonds. The summed E-state index contributed by atoms with van der Waals surface area (Å²) in [6, 6.07) is 0. The number of rotatable bonds is 18. The van der Waals surface area contributed by atoms with Crippen molar-refractivity contribution in [2.75, 3.05) is 6.61 Å². The van der Waals surface area contributed by atoms with Crippen molar-refractivity contribution < 1.29 is 19.4 Å². The van der Waals surface area contributed by atoms with E-state index in [2.05, 4.69) is 6.92 Å². The van der Waals surface area contributed by atoms with Crippen molar-refractivity contribution in [1.82, 2.24) is 0 Å². The number of aliphatic hydroxyl groups excluding tert-OH is 1. The number of aliphatic hydroxyl groups is 1. The van der Waals surface area contributed by atoms with Crippen molar-refractivity contribution in [3.05, 3.63) is 0 Å². The minimum atomic E-state index is -0.324. The lowest BCUT2D eigenvalue weighted by Crippen LogP contribution is -2.14. The summed E-state index contributed by atoms with van der Waals surface area (Å²) >= 11 is 0. The molecule has 0 bridgehead atoms. The SMILES string of the molecule is CCCCCC[C@@H](O)CC(C=O)CCCCCCCCC(=O)OCC. The van der Waals surface area contributed by atoms with Gasteiger partial charge in [-0.1, -0.05) is 64.7 Å². The van der Waals surface area contributed by atoms with Crippen molar-refractivity contribution in [3.8, 4) is 0 Å². The third-order valence-corrected chi connectivity index (χ3v) is 4.67. The third-order valence-electron chi connectivity index (χ3n) is 4.67. The van der Waals surface area contributed by atoms with E-state index >= 15 is 0 Å². The van der Waals surface area contributed by atoms with Gasteiger partial charge in [-0.05, 0) is 32.6 Å². The fraction of sp³-hybridized carbons (Fsp3) is 0.905. The highest BCUT2D eigenvalue weighted by Gasteiger charge is 2.13. The first kappa shape index (κ1) is 24.1. The Morgan fingerprint density at radius 3 is 2.16 bits per heavy atom. The number of hydrogen-bond acceptors (Lipinski definition) is 4. The van der Waals surface area contributed by atoms with Crippen LogP contribution in [0, 0.1) is 5.92 Å². The molecular weight excluding hydrogens is 316 g/mol. The Hall–Kier alpha value is -0.900. The molecule has 0 aliphatic rings. The first-order chi connectivity index (χ1) is 12.1. The molecule has 4 nitrogen and oxygen atoms in total. The van der Waals surface area contributed by atoms with Crippen molar-refractivity contribution >= 4 is 12.3 Å². The molecule has 148 valence electrons. The number of esters is 1. The predicted molar refractivity (Wildman–Crippen MR) is 103 cm³/mol. The Morgan fingerprint density at radius 2 is 1.52 bits per heavy atom. The number of aldehydes is 1. The first-order valence-corrected chi connectivity index (χ1v) is 10.4. The molecule has 4 heteroatoms. The van der Waals surface area contributed by atoms with E-state index in [0.29, 0.717) is 19.4 Å². The van der Waals surface area contributed by atoms with Crippen molar-refractivity contribution in [2.45, 2.75) is 110 Å². The van der Waals surface area contributed by atoms with Gasteiger partial charge in [0.25, 0.3) is 0 Å². The highest BCUT2D eigenvalue weighted by atomic mass is 16.5. The van der Waals surface area contributed by atoms with Crippen LogP contribution < -0.4 is 0 Å². The molecule has 0 fully saturated rings. The van der Waals surface area contributed by atoms with E-state index in [-0.39, 0.29) is 18.0 Å². The summed E-state index contributed by atoms with van der Waals surface area (Å²) in [6.45, 7) is 4.47. The minimum Gasteiger partial charge on any atom is -0.466 e. The molecule has 0 radical (unpaired) electrons. The maximum Gasteiger partial charge on any atom is 0.305 e. The van der Waals surface area contributed by atoms with Crippen LogP contribution in [0.25, 0.3) is 0 Å². The molecule has 0 saturated carbocycles. The summed E-state index contributed by atoms with van der Waals surface area (Å²) in [5, 5.41) is 10.0. The largest absolute Gasteiger partial charge is 0.466 e. The van der Waals surface area contributed by atoms with Gasteiger partial charge >= 0.3 is 5.97 Å². The number of hydrogen-bond donors (Lipinski definition) is 1. The maximum atomic E-state index is 11.2. The molecule has 0 rings (SSSR count). The Morgan fingerprint density at radius 1 is 0.920 bits per heavy atom. The van der Waals surface area contributed by atoms with E-state index in [1.165, 1.54) is 19.3 Å². The monoisotopic (exact) mass is 356 g/mol. The summed E-state index contributed by atoms with van der Waals surface area (Å²) in [5.41, 5.74) is 0. The summed E-state index contributed by atoms with van der Waals surface area (Å²) in [5.74, 6) is -0.0884. The lowest BCUT2D eigenvalue weighted by Gasteiger charge is -2.15. The van der Waals surface area contributed by atoms with Crippen LogP contribution in [0.4, 0.5) is 0 Å². The van der Waals surface area contributed by atoms with Crippen molar-refractivity contribution in [2.24, 2.45) is 5.92 Å². The summed E-state index contributed by atoms with van der Waals surface area (Å²) in [6.07, 6.45) is 14.6. The topological polar surface area (TPSA) is 63.6 Å². The molecule has 25 heavy (non-hydrogen) atoms. The zero-order chi connectivity index (χ0) is 18.8. The Bertz CT molecular complexity index is 317. The molecule has 1 unspecified atom stereocenters. The van der Waals surface area contributed by atoms with Crippen LogP contribution in [-0.4, -0.2) is 30.1 Å². The van der Waals surface area contributed by atoms with Gasteiger partial charge in [-0.25, -0.2) is 0 Å². The molecule has 0 aliphatic carbocycles. The molecule has 0 aromatic carbocycles. The Kier molecular flexibility index (Phi) is 17.3. The number of carbonyl (C=O) groups excluding carboxylic acids is 2. The van der Waals surface area contributed by atoms with Crippen LogP contribution in [0.1, 0.15) is 104 Å². The second kappa shape index (κ2) is 17.9. The highest BCUT2D eigenvalue weighted by molar-refractivity contribution is 5.69. The average Bonchev–Trinajstić information content (AvgIpc) is 2.60. The van der Waals surface area contributed by atoms with E-state index < -0.39 is 0 Å². The van der Waals surface area contributed by atoms with E-state index in [4.69, 9.17) is 4.74 Å². The van der Waals surface area contributed by atoms with Gasteiger partial charge in [0.2, 0.25) is 0 Å². The van der Waals surface area contributed by atoms with Crippen LogP contribution in [0.5, 0.6) is 0 Å². The van der Waals surface area contributed by atoms with Gasteiger partial charge in [0.05, 0.1) is 12.7 Å². The molecular formula is C21H40O4. The number of unbranched alkanes of at least 4 members (excludes halogenated alkanes) is 8. The molecule has 1 N–H and O–H groups in total. The van der Waals surface area contributed by atoms with Crippen molar-refractivity contribution in [3.63, 3.8) is 0 Å². The van der Waals surface area contributed by atoms with Crippen LogP contribution in [0.2, 0.25) is 0 Å². The summed E-state index contributed by atoms with van der Waals surface area (Å²) < 4.78 is 4.90. The second-order valence-corrected chi connectivity index (χ2v) is 7.10. The van der Waals surface area contributed by atoms with Crippen LogP contribution >= 0.6 is 0 Å². The molecule has 0 spiro atoms. The molecule has 2 atom stereocenters. The first-order valence-electron chi connectivity index (χ1n) is 10.4. The van der Waals surface area contributed by atoms with Gasteiger partial charge < -0.3 is 14.6 Å². The quantitative estimate of drug-likeness (QED) is 0.208. The lowest BCUT2D eigenvalue weighted by atomic mass is 9.93. The van der Waals surface area contributed by atoms with Gasteiger partial charge in [0.15, 0.2) is 0 Å². The molecule has 0 heterocycles. The normalized spacial score (nSPS) is 13.4. The van der Waals surface area contributed by atoms with Crippen LogP contribution in [-0.2, 0) is 14.3 Å². The fourth-order valence-corrected chi connectivity index (χ4v) is 3.13. The van der Waals surface area contributed by atoms with Crippen LogP contribution in [0.15, 0.2) is 0 Å². The average molecular weight is 357 g/mol. The van der Waals surface area contributed by atoms with Crippen LogP contribution in [0.3, 0.4) is 0 Å². The van der Waals surface area contributed by atoms with E-state index in [0.717, 1.165) is 64.1 Å². The summed E-state index contributed by atoms with van der Waals surface area (Å²) in [7, 11) is 0. The Balaban J connectivity index is 3.54. The fourth-order valence-electron chi connectivity index (χ4n) is 3.13. The van der Waals surface area contributed by atoms with Crippen molar-refractivity contribution in [1.29, 1.82) is 0 Å². The zero-order valence-electron chi connectivity index (χ0n) is 16.5. The predicted octanol–water partition coefficient (Wildman–Crippen LogP) is 5.21. The molecule has 0 aromatic rings. The molecule has 0 aromatic heterocycles. The van der Waals surface area contributed by atoms with Gasteiger partial charge in [-0.15, -0.1) is 0 Å². The lowest BCUT2D eigenvalue weighted by molar-refractivity contribution is -0.143. The second-order valence-electron chi connectivity index (χ2n) is 7.10. The minimum absolute atomic E-state index is 0.00462.